The number of ether oxygens (including phenoxy) is 2. The van der Waals surface area contributed by atoms with E-state index in [0.717, 1.165) is 24.1 Å². The van der Waals surface area contributed by atoms with E-state index >= 15 is 0 Å². The standard InChI is InChI=1S/C20H22ClNO4/c1-12-17(20(24)26-11-10-25-2)18(13-6-3-4-7-14(13)21)19-15(22-12)8-5-9-16(19)23/h3-4,6-7,18,22H,5,8-11H2,1-2H3/t18-/m1/s1. The number of halogens is 1. The van der Waals surface area contributed by atoms with Gasteiger partial charge in [-0.15, -0.1) is 0 Å². The Hall–Kier alpha value is -2.11. The summed E-state index contributed by atoms with van der Waals surface area (Å²) in [5.74, 6) is -0.914. The predicted molar refractivity (Wildman–Crippen MR) is 98.7 cm³/mol. The van der Waals surface area contributed by atoms with E-state index in [4.69, 9.17) is 21.1 Å². The molecule has 0 radical (unpaired) electrons. The maximum absolute atomic E-state index is 12.8. The SMILES string of the molecule is COCCOC(=O)C1=C(C)NC2=C(C(=O)CCC2)[C@@H]1c1ccccc1Cl. The van der Waals surface area contributed by atoms with Gasteiger partial charge in [-0.2, -0.15) is 0 Å². The Labute approximate surface area is 158 Å². The molecule has 1 aliphatic heterocycles. The molecule has 1 atom stereocenters. The highest BCUT2D eigenvalue weighted by atomic mass is 35.5. The van der Waals surface area contributed by atoms with Gasteiger partial charge in [-0.05, 0) is 31.4 Å². The van der Waals surface area contributed by atoms with E-state index in [1.54, 1.807) is 13.2 Å². The number of dihydropyridines is 1. The van der Waals surface area contributed by atoms with E-state index in [-0.39, 0.29) is 12.4 Å². The Morgan fingerprint density at radius 1 is 1.27 bits per heavy atom. The number of Topliss-reactive ketones (excluding diaryl/α,β-unsaturated/α-hetero) is 1. The molecule has 0 unspecified atom stereocenters. The summed E-state index contributed by atoms with van der Waals surface area (Å²) in [5, 5.41) is 3.78. The molecule has 0 amide bonds. The van der Waals surface area contributed by atoms with Crippen molar-refractivity contribution in [1.82, 2.24) is 5.32 Å². The zero-order valence-corrected chi connectivity index (χ0v) is 15.7. The van der Waals surface area contributed by atoms with Crippen molar-refractivity contribution in [2.24, 2.45) is 0 Å². The Balaban J connectivity index is 2.07. The first kappa shape index (κ1) is 18.7. The van der Waals surface area contributed by atoms with Gasteiger partial charge in [0.25, 0.3) is 0 Å². The smallest absolute Gasteiger partial charge is 0.336 e. The number of rotatable bonds is 5. The van der Waals surface area contributed by atoms with E-state index in [1.165, 1.54) is 0 Å². The fourth-order valence-electron chi connectivity index (χ4n) is 3.57. The number of esters is 1. The van der Waals surface area contributed by atoms with Gasteiger partial charge in [-0.1, -0.05) is 29.8 Å². The first-order valence-electron chi connectivity index (χ1n) is 8.69. The highest BCUT2D eigenvalue weighted by Gasteiger charge is 2.39. The number of ketones is 1. The molecule has 1 aromatic rings. The summed E-state index contributed by atoms with van der Waals surface area (Å²) in [6, 6.07) is 7.33. The summed E-state index contributed by atoms with van der Waals surface area (Å²) < 4.78 is 10.3. The van der Waals surface area contributed by atoms with Crippen molar-refractivity contribution in [3.63, 3.8) is 0 Å². The molecule has 0 saturated heterocycles. The highest BCUT2D eigenvalue weighted by molar-refractivity contribution is 6.31. The molecule has 0 fully saturated rings. The second-order valence-corrected chi connectivity index (χ2v) is 6.82. The molecule has 1 heterocycles. The van der Waals surface area contributed by atoms with E-state index in [0.29, 0.717) is 34.9 Å². The Morgan fingerprint density at radius 3 is 2.77 bits per heavy atom. The van der Waals surface area contributed by atoms with E-state index < -0.39 is 11.9 Å². The molecule has 5 nitrogen and oxygen atoms in total. The summed E-state index contributed by atoms with van der Waals surface area (Å²) in [5.41, 5.74) is 3.40. The van der Waals surface area contributed by atoms with Crippen molar-refractivity contribution in [2.45, 2.75) is 32.1 Å². The lowest BCUT2D eigenvalue weighted by molar-refractivity contribution is -0.140. The van der Waals surface area contributed by atoms with Crippen LogP contribution in [0.2, 0.25) is 5.02 Å². The van der Waals surface area contributed by atoms with Crippen LogP contribution in [0.3, 0.4) is 0 Å². The number of benzene rings is 1. The number of carbonyl (C=O) groups excluding carboxylic acids is 2. The number of carbonyl (C=O) groups is 2. The van der Waals surface area contributed by atoms with Crippen LogP contribution >= 0.6 is 11.6 Å². The first-order valence-corrected chi connectivity index (χ1v) is 9.07. The average molecular weight is 376 g/mol. The van der Waals surface area contributed by atoms with Crippen LogP contribution in [0, 0.1) is 0 Å². The van der Waals surface area contributed by atoms with Gasteiger partial charge < -0.3 is 14.8 Å². The number of hydrogen-bond acceptors (Lipinski definition) is 5. The minimum atomic E-state index is -0.511. The molecular formula is C20H22ClNO4. The van der Waals surface area contributed by atoms with Crippen LogP contribution < -0.4 is 5.32 Å². The minimum Gasteiger partial charge on any atom is -0.460 e. The molecule has 1 aromatic carbocycles. The normalized spacial score (nSPS) is 20.0. The van der Waals surface area contributed by atoms with Crippen molar-refractivity contribution >= 4 is 23.4 Å². The lowest BCUT2D eigenvalue weighted by atomic mass is 9.75. The van der Waals surface area contributed by atoms with Crippen LogP contribution in [0.15, 0.2) is 46.8 Å². The average Bonchev–Trinajstić information content (AvgIpc) is 2.61. The van der Waals surface area contributed by atoms with E-state index in [9.17, 15) is 9.59 Å². The second-order valence-electron chi connectivity index (χ2n) is 6.42. The van der Waals surface area contributed by atoms with Gasteiger partial charge in [0, 0.05) is 41.4 Å². The van der Waals surface area contributed by atoms with E-state index in [2.05, 4.69) is 5.32 Å². The molecule has 2 aliphatic rings. The summed E-state index contributed by atoms with van der Waals surface area (Å²) in [7, 11) is 1.55. The quantitative estimate of drug-likeness (QED) is 0.630. The van der Waals surface area contributed by atoms with Crippen molar-refractivity contribution in [3.8, 4) is 0 Å². The molecule has 0 saturated carbocycles. The van der Waals surface area contributed by atoms with Gasteiger partial charge in [0.1, 0.15) is 6.61 Å². The molecule has 1 aliphatic carbocycles. The zero-order valence-electron chi connectivity index (χ0n) is 14.9. The second kappa shape index (κ2) is 8.06. The number of methoxy groups -OCH3 is 1. The van der Waals surface area contributed by atoms with Crippen molar-refractivity contribution in [3.05, 3.63) is 57.4 Å². The molecule has 0 aromatic heterocycles. The number of nitrogens with one attached hydrogen (secondary N) is 1. The summed E-state index contributed by atoms with van der Waals surface area (Å²) in [6.07, 6.45) is 2.07. The molecule has 3 rings (SSSR count). The number of allylic oxidation sites excluding steroid dienone is 3. The van der Waals surface area contributed by atoms with Gasteiger partial charge in [-0.3, -0.25) is 4.79 Å². The maximum atomic E-state index is 12.8. The molecule has 6 heteroatoms. The van der Waals surface area contributed by atoms with Crippen molar-refractivity contribution in [1.29, 1.82) is 0 Å². The third-order valence-electron chi connectivity index (χ3n) is 4.73. The van der Waals surface area contributed by atoms with Crippen LogP contribution in [0.1, 0.15) is 37.7 Å². The molecule has 26 heavy (non-hydrogen) atoms. The molecule has 138 valence electrons. The summed E-state index contributed by atoms with van der Waals surface area (Å²) in [4.78, 5) is 25.5. The third kappa shape index (κ3) is 3.55. The largest absolute Gasteiger partial charge is 0.460 e. The zero-order chi connectivity index (χ0) is 18.7. The van der Waals surface area contributed by atoms with Gasteiger partial charge >= 0.3 is 5.97 Å². The lowest BCUT2D eigenvalue weighted by Crippen LogP contribution is -2.34. The van der Waals surface area contributed by atoms with Crippen molar-refractivity contribution < 1.29 is 19.1 Å². The first-order chi connectivity index (χ1) is 12.5. The Kier molecular flexibility index (Phi) is 5.79. The van der Waals surface area contributed by atoms with Crippen LogP contribution in [0.25, 0.3) is 0 Å². The monoisotopic (exact) mass is 375 g/mol. The molecule has 1 N–H and O–H groups in total. The van der Waals surface area contributed by atoms with Gasteiger partial charge in [-0.25, -0.2) is 4.79 Å². The van der Waals surface area contributed by atoms with Crippen molar-refractivity contribution in [2.75, 3.05) is 20.3 Å². The van der Waals surface area contributed by atoms with Crippen LogP contribution in [0.4, 0.5) is 0 Å². The number of hydrogen-bond donors (Lipinski definition) is 1. The lowest BCUT2D eigenvalue weighted by Gasteiger charge is -2.34. The van der Waals surface area contributed by atoms with Crippen LogP contribution in [-0.4, -0.2) is 32.1 Å². The highest BCUT2D eigenvalue weighted by Crippen LogP contribution is 2.44. The van der Waals surface area contributed by atoms with Gasteiger partial charge in [0.2, 0.25) is 0 Å². The topological polar surface area (TPSA) is 64.6 Å². The molecular weight excluding hydrogens is 354 g/mol. The Morgan fingerprint density at radius 2 is 2.04 bits per heavy atom. The predicted octanol–water partition coefficient (Wildman–Crippen LogP) is 3.50. The molecule has 0 bridgehead atoms. The maximum Gasteiger partial charge on any atom is 0.336 e. The fourth-order valence-corrected chi connectivity index (χ4v) is 3.81. The van der Waals surface area contributed by atoms with Gasteiger partial charge in [0.05, 0.1) is 12.2 Å². The summed E-state index contributed by atoms with van der Waals surface area (Å²) >= 11 is 6.43. The molecule has 0 spiro atoms. The minimum absolute atomic E-state index is 0.0540. The van der Waals surface area contributed by atoms with Gasteiger partial charge in [0.15, 0.2) is 5.78 Å². The van der Waals surface area contributed by atoms with E-state index in [1.807, 2.05) is 25.1 Å². The third-order valence-corrected chi connectivity index (χ3v) is 5.08. The Bertz CT molecular complexity index is 797. The summed E-state index contributed by atoms with van der Waals surface area (Å²) in [6.45, 7) is 2.30. The van der Waals surface area contributed by atoms with Crippen LogP contribution in [-0.2, 0) is 19.1 Å². The fraction of sp³-hybridized carbons (Fsp3) is 0.400. The van der Waals surface area contributed by atoms with Crippen LogP contribution in [0.5, 0.6) is 0 Å².